The highest BCUT2D eigenvalue weighted by Crippen LogP contribution is 2.09. The molecule has 5 heteroatoms. The zero-order valence-electron chi connectivity index (χ0n) is 7.56. The van der Waals surface area contributed by atoms with Crippen molar-refractivity contribution in [2.75, 3.05) is 0 Å². The summed E-state index contributed by atoms with van der Waals surface area (Å²) in [5.41, 5.74) is 0.831. The normalized spacial score (nSPS) is 10.6. The molecule has 2 aromatic heterocycles. The van der Waals surface area contributed by atoms with Gasteiger partial charge in [-0.3, -0.25) is 4.68 Å². The molecule has 0 unspecified atom stereocenters. The number of nitrogens with zero attached hydrogens (tertiary/aromatic N) is 3. The van der Waals surface area contributed by atoms with Gasteiger partial charge in [-0.1, -0.05) is 11.3 Å². The van der Waals surface area contributed by atoms with Crippen LogP contribution in [0.25, 0.3) is 0 Å². The molecular weight excluding hydrogens is 218 g/mol. The van der Waals surface area contributed by atoms with Crippen LogP contribution >= 0.6 is 22.9 Å². The lowest BCUT2D eigenvalue weighted by Crippen LogP contribution is -2.00. The van der Waals surface area contributed by atoms with Gasteiger partial charge in [-0.15, -0.1) is 28.0 Å². The van der Waals surface area contributed by atoms with E-state index in [0.717, 1.165) is 18.7 Å². The maximum atomic E-state index is 5.63. The topological polar surface area (TPSA) is 30.7 Å². The first-order valence-electron chi connectivity index (χ1n) is 4.36. The van der Waals surface area contributed by atoms with Crippen LogP contribution in [-0.4, -0.2) is 15.0 Å². The fourth-order valence-electron chi connectivity index (χ4n) is 1.19. The third-order valence-corrected chi connectivity index (χ3v) is 3.10. The first-order chi connectivity index (χ1) is 6.88. The average Bonchev–Trinajstić information content (AvgIpc) is 2.86. The molecule has 14 heavy (non-hydrogen) atoms. The minimum Gasteiger partial charge on any atom is -0.252 e. The highest BCUT2D eigenvalue weighted by Gasteiger charge is 1.99. The van der Waals surface area contributed by atoms with Crippen molar-refractivity contribution in [1.82, 2.24) is 15.0 Å². The Kier molecular flexibility index (Phi) is 3.16. The van der Waals surface area contributed by atoms with Crippen molar-refractivity contribution < 1.29 is 0 Å². The Hall–Kier alpha value is -0.870. The van der Waals surface area contributed by atoms with E-state index in [4.69, 9.17) is 11.6 Å². The molecule has 2 aromatic rings. The minimum absolute atomic E-state index is 0.430. The zero-order chi connectivity index (χ0) is 9.80. The standard InChI is InChI=1S/C9H10ClN3S/c10-6-8-7-13(12-11-8)4-3-9-2-1-5-14-9/h1-2,5,7H,3-4,6H2. The summed E-state index contributed by atoms with van der Waals surface area (Å²) in [6, 6.07) is 4.19. The minimum atomic E-state index is 0.430. The van der Waals surface area contributed by atoms with Crippen LogP contribution in [0.3, 0.4) is 0 Å². The van der Waals surface area contributed by atoms with Crippen molar-refractivity contribution in [2.24, 2.45) is 0 Å². The van der Waals surface area contributed by atoms with Crippen LogP contribution < -0.4 is 0 Å². The van der Waals surface area contributed by atoms with Crippen LogP contribution in [-0.2, 0) is 18.8 Å². The maximum Gasteiger partial charge on any atom is 0.0974 e. The molecule has 0 N–H and O–H groups in total. The van der Waals surface area contributed by atoms with E-state index in [1.54, 1.807) is 11.3 Å². The van der Waals surface area contributed by atoms with Crippen molar-refractivity contribution in [3.63, 3.8) is 0 Å². The highest BCUT2D eigenvalue weighted by atomic mass is 35.5. The second kappa shape index (κ2) is 4.57. The third kappa shape index (κ3) is 2.33. The Balaban J connectivity index is 1.92. The van der Waals surface area contributed by atoms with Gasteiger partial charge >= 0.3 is 0 Å². The van der Waals surface area contributed by atoms with E-state index < -0.39 is 0 Å². The van der Waals surface area contributed by atoms with Crippen molar-refractivity contribution in [1.29, 1.82) is 0 Å². The summed E-state index contributed by atoms with van der Waals surface area (Å²) in [5.74, 6) is 0.430. The molecule has 2 heterocycles. The molecule has 0 saturated heterocycles. The molecule has 0 bridgehead atoms. The van der Waals surface area contributed by atoms with Gasteiger partial charge in [-0.2, -0.15) is 0 Å². The van der Waals surface area contributed by atoms with E-state index >= 15 is 0 Å². The molecule has 0 saturated carbocycles. The Morgan fingerprint density at radius 3 is 3.07 bits per heavy atom. The zero-order valence-corrected chi connectivity index (χ0v) is 9.13. The Bertz CT molecular complexity index is 382. The summed E-state index contributed by atoms with van der Waals surface area (Å²) in [6.07, 6.45) is 2.89. The lowest BCUT2D eigenvalue weighted by molar-refractivity contribution is 0.592. The van der Waals surface area contributed by atoms with Gasteiger partial charge < -0.3 is 0 Å². The van der Waals surface area contributed by atoms with Gasteiger partial charge in [0.25, 0.3) is 0 Å². The number of aromatic nitrogens is 3. The van der Waals surface area contributed by atoms with E-state index in [-0.39, 0.29) is 0 Å². The molecule has 0 atom stereocenters. The van der Waals surface area contributed by atoms with E-state index in [9.17, 15) is 0 Å². The van der Waals surface area contributed by atoms with Crippen molar-refractivity contribution in [3.05, 3.63) is 34.3 Å². The van der Waals surface area contributed by atoms with Gasteiger partial charge in [0, 0.05) is 24.0 Å². The summed E-state index contributed by atoms with van der Waals surface area (Å²) in [4.78, 5) is 1.37. The molecule has 2 rings (SSSR count). The monoisotopic (exact) mass is 227 g/mol. The van der Waals surface area contributed by atoms with Gasteiger partial charge in [0.1, 0.15) is 0 Å². The highest BCUT2D eigenvalue weighted by molar-refractivity contribution is 7.09. The van der Waals surface area contributed by atoms with Gasteiger partial charge in [-0.05, 0) is 11.4 Å². The number of aryl methyl sites for hydroxylation is 2. The molecule has 0 fully saturated rings. The molecule has 0 aliphatic rings. The van der Waals surface area contributed by atoms with Crippen LogP contribution in [0.2, 0.25) is 0 Å². The largest absolute Gasteiger partial charge is 0.252 e. The molecule has 0 aliphatic carbocycles. The Morgan fingerprint density at radius 1 is 1.50 bits per heavy atom. The first kappa shape index (κ1) is 9.68. The van der Waals surface area contributed by atoms with E-state index in [1.807, 2.05) is 10.9 Å². The average molecular weight is 228 g/mol. The Morgan fingerprint density at radius 2 is 2.43 bits per heavy atom. The molecule has 74 valence electrons. The lowest BCUT2D eigenvalue weighted by atomic mass is 10.3. The number of thiophene rings is 1. The van der Waals surface area contributed by atoms with Crippen LogP contribution in [0.5, 0.6) is 0 Å². The summed E-state index contributed by atoms with van der Waals surface area (Å²) >= 11 is 7.39. The SMILES string of the molecule is ClCc1cn(CCc2cccs2)nn1. The first-order valence-corrected chi connectivity index (χ1v) is 5.77. The number of alkyl halides is 1. The summed E-state index contributed by atoms with van der Waals surface area (Å²) < 4.78 is 1.83. The van der Waals surface area contributed by atoms with Crippen molar-refractivity contribution >= 4 is 22.9 Å². The fourth-order valence-corrected chi connectivity index (χ4v) is 2.01. The van der Waals surface area contributed by atoms with E-state index in [0.29, 0.717) is 5.88 Å². The molecular formula is C9H10ClN3S. The molecule has 0 aromatic carbocycles. The van der Waals surface area contributed by atoms with Crippen LogP contribution in [0.4, 0.5) is 0 Å². The quantitative estimate of drug-likeness (QED) is 0.751. The number of hydrogen-bond donors (Lipinski definition) is 0. The molecule has 0 spiro atoms. The summed E-state index contributed by atoms with van der Waals surface area (Å²) in [5, 5.41) is 9.98. The smallest absolute Gasteiger partial charge is 0.0974 e. The second-order valence-electron chi connectivity index (χ2n) is 2.94. The molecule has 3 nitrogen and oxygen atoms in total. The van der Waals surface area contributed by atoms with Gasteiger partial charge in [0.15, 0.2) is 0 Å². The van der Waals surface area contributed by atoms with Gasteiger partial charge in [0.05, 0.1) is 11.6 Å². The van der Waals surface area contributed by atoms with Crippen LogP contribution in [0.1, 0.15) is 10.6 Å². The summed E-state index contributed by atoms with van der Waals surface area (Å²) in [7, 11) is 0. The predicted molar refractivity (Wildman–Crippen MR) is 57.6 cm³/mol. The van der Waals surface area contributed by atoms with Gasteiger partial charge in [-0.25, -0.2) is 0 Å². The molecule has 0 aliphatic heterocycles. The predicted octanol–water partition coefficient (Wildman–Crippen LogP) is 2.32. The van der Waals surface area contributed by atoms with Crippen molar-refractivity contribution in [2.45, 2.75) is 18.8 Å². The summed E-state index contributed by atoms with van der Waals surface area (Å²) in [6.45, 7) is 0.865. The molecule has 0 radical (unpaired) electrons. The Labute approximate surface area is 91.3 Å². The fraction of sp³-hybridized carbons (Fsp3) is 0.333. The van der Waals surface area contributed by atoms with E-state index in [2.05, 4.69) is 27.8 Å². The second-order valence-corrected chi connectivity index (χ2v) is 4.24. The number of halogens is 1. The van der Waals surface area contributed by atoms with E-state index in [1.165, 1.54) is 4.88 Å². The maximum absolute atomic E-state index is 5.63. The van der Waals surface area contributed by atoms with Crippen molar-refractivity contribution in [3.8, 4) is 0 Å². The third-order valence-electron chi connectivity index (χ3n) is 1.89. The lowest BCUT2D eigenvalue weighted by Gasteiger charge is -1.96. The molecule has 0 amide bonds. The number of rotatable bonds is 4. The van der Waals surface area contributed by atoms with Crippen LogP contribution in [0, 0.1) is 0 Å². The number of hydrogen-bond acceptors (Lipinski definition) is 3. The van der Waals surface area contributed by atoms with Crippen LogP contribution in [0.15, 0.2) is 23.7 Å². The van der Waals surface area contributed by atoms with Gasteiger partial charge in [0.2, 0.25) is 0 Å².